The molecule has 2 aromatic rings. The van der Waals surface area contributed by atoms with Crippen molar-refractivity contribution in [2.45, 2.75) is 52.2 Å². The minimum Gasteiger partial charge on any atom is -0.497 e. The van der Waals surface area contributed by atoms with Gasteiger partial charge in [-0.3, -0.25) is 9.59 Å². The molecule has 0 aliphatic carbocycles. The number of rotatable bonds is 11. The summed E-state index contributed by atoms with van der Waals surface area (Å²) in [6.45, 7) is 5.96. The van der Waals surface area contributed by atoms with E-state index in [0.717, 1.165) is 12.0 Å². The Morgan fingerprint density at radius 1 is 1.00 bits per heavy atom. The van der Waals surface area contributed by atoms with Gasteiger partial charge in [0.1, 0.15) is 17.5 Å². The number of nitrogens with one attached hydrogen (secondary N) is 1. The Morgan fingerprint density at radius 2 is 1.61 bits per heavy atom. The minimum atomic E-state index is -0.600. The van der Waals surface area contributed by atoms with E-state index >= 15 is 0 Å². The monoisotopic (exact) mass is 446 g/mol. The Labute approximate surface area is 189 Å². The highest BCUT2D eigenvalue weighted by molar-refractivity contribution is 6.30. The van der Waals surface area contributed by atoms with Crippen LogP contribution in [0.3, 0.4) is 0 Å². The molecule has 0 aromatic heterocycles. The fourth-order valence-electron chi connectivity index (χ4n) is 3.05. The Kier molecular flexibility index (Phi) is 9.66. The average molecular weight is 447 g/mol. The highest BCUT2D eigenvalue weighted by atomic mass is 35.5. The predicted octanol–water partition coefficient (Wildman–Crippen LogP) is 4.45. The summed E-state index contributed by atoms with van der Waals surface area (Å²) < 4.78 is 10.8. The van der Waals surface area contributed by atoms with Crippen molar-refractivity contribution in [3.8, 4) is 11.5 Å². The van der Waals surface area contributed by atoms with E-state index < -0.39 is 6.04 Å². The summed E-state index contributed by atoms with van der Waals surface area (Å²) in [5.41, 5.74) is 0.886. The molecule has 7 heteroatoms. The lowest BCUT2D eigenvalue weighted by Crippen LogP contribution is -2.51. The summed E-state index contributed by atoms with van der Waals surface area (Å²) in [4.78, 5) is 27.6. The number of hydrogen-bond acceptors (Lipinski definition) is 4. The lowest BCUT2D eigenvalue weighted by molar-refractivity contribution is -0.143. The largest absolute Gasteiger partial charge is 0.497 e. The number of nitrogens with zero attached hydrogens (tertiary/aromatic N) is 1. The quantitative estimate of drug-likeness (QED) is 0.553. The van der Waals surface area contributed by atoms with E-state index in [0.29, 0.717) is 22.9 Å². The van der Waals surface area contributed by atoms with Crippen LogP contribution in [0.4, 0.5) is 0 Å². The van der Waals surface area contributed by atoms with Gasteiger partial charge in [0, 0.05) is 17.6 Å². The van der Waals surface area contributed by atoms with Crippen molar-refractivity contribution < 1.29 is 19.1 Å². The molecule has 2 rings (SSSR count). The van der Waals surface area contributed by atoms with E-state index in [9.17, 15) is 9.59 Å². The predicted molar refractivity (Wildman–Crippen MR) is 122 cm³/mol. The van der Waals surface area contributed by atoms with Gasteiger partial charge in [-0.1, -0.05) is 37.6 Å². The van der Waals surface area contributed by atoms with E-state index in [1.807, 2.05) is 32.9 Å². The van der Waals surface area contributed by atoms with Crippen LogP contribution < -0.4 is 14.8 Å². The SMILES string of the molecule is CC[C@H](C)NC(=O)[C@H](CC)N(Cc1ccc(Cl)cc1)C(=O)COc1ccc(OC)cc1. The van der Waals surface area contributed by atoms with E-state index in [2.05, 4.69) is 5.32 Å². The molecule has 0 bridgehead atoms. The van der Waals surface area contributed by atoms with Crippen LogP contribution >= 0.6 is 11.6 Å². The Morgan fingerprint density at radius 3 is 2.16 bits per heavy atom. The van der Waals surface area contributed by atoms with Gasteiger partial charge in [-0.2, -0.15) is 0 Å². The molecule has 2 aromatic carbocycles. The molecule has 0 saturated carbocycles. The molecule has 168 valence electrons. The third-order valence-electron chi connectivity index (χ3n) is 5.07. The minimum absolute atomic E-state index is 0.0320. The van der Waals surface area contributed by atoms with Crippen molar-refractivity contribution in [3.63, 3.8) is 0 Å². The number of carbonyl (C=O) groups is 2. The van der Waals surface area contributed by atoms with Crippen LogP contribution in [0, 0.1) is 0 Å². The number of methoxy groups -OCH3 is 1. The molecule has 6 nitrogen and oxygen atoms in total. The fourth-order valence-corrected chi connectivity index (χ4v) is 3.17. The van der Waals surface area contributed by atoms with E-state index in [1.54, 1.807) is 48.4 Å². The zero-order chi connectivity index (χ0) is 22.8. The van der Waals surface area contributed by atoms with E-state index in [1.165, 1.54) is 0 Å². The van der Waals surface area contributed by atoms with Crippen molar-refractivity contribution >= 4 is 23.4 Å². The van der Waals surface area contributed by atoms with Gasteiger partial charge >= 0.3 is 0 Å². The maximum absolute atomic E-state index is 13.1. The molecular formula is C24H31ClN2O4. The average Bonchev–Trinajstić information content (AvgIpc) is 2.78. The van der Waals surface area contributed by atoms with Gasteiger partial charge in [-0.05, 0) is 61.7 Å². The molecule has 0 fully saturated rings. The molecule has 0 saturated heterocycles. The van der Waals surface area contributed by atoms with Gasteiger partial charge in [0.25, 0.3) is 5.91 Å². The van der Waals surface area contributed by atoms with Crippen LogP contribution in [-0.4, -0.2) is 42.5 Å². The summed E-state index contributed by atoms with van der Waals surface area (Å²) >= 11 is 5.99. The summed E-state index contributed by atoms with van der Waals surface area (Å²) in [7, 11) is 1.59. The number of carbonyl (C=O) groups excluding carboxylic acids is 2. The highest BCUT2D eigenvalue weighted by Gasteiger charge is 2.29. The van der Waals surface area contributed by atoms with Crippen molar-refractivity contribution in [1.29, 1.82) is 0 Å². The first kappa shape index (κ1) is 24.5. The van der Waals surface area contributed by atoms with Crippen LogP contribution in [-0.2, 0) is 16.1 Å². The van der Waals surface area contributed by atoms with Crippen LogP contribution in [0.15, 0.2) is 48.5 Å². The zero-order valence-corrected chi connectivity index (χ0v) is 19.3. The Hall–Kier alpha value is -2.73. The summed E-state index contributed by atoms with van der Waals surface area (Å²) in [5.74, 6) is 0.828. The maximum Gasteiger partial charge on any atom is 0.261 e. The molecule has 0 unspecified atom stereocenters. The molecule has 0 aliphatic rings. The number of ether oxygens (including phenoxy) is 2. The van der Waals surface area contributed by atoms with Crippen LogP contribution in [0.5, 0.6) is 11.5 Å². The summed E-state index contributed by atoms with van der Waals surface area (Å²) in [6, 6.07) is 13.7. The number of hydrogen-bond donors (Lipinski definition) is 1. The van der Waals surface area contributed by atoms with Crippen LogP contribution in [0.1, 0.15) is 39.2 Å². The molecular weight excluding hydrogens is 416 g/mol. The Balaban J connectivity index is 2.18. The normalized spacial score (nSPS) is 12.5. The number of amides is 2. The van der Waals surface area contributed by atoms with E-state index in [4.69, 9.17) is 21.1 Å². The third kappa shape index (κ3) is 7.47. The van der Waals surface area contributed by atoms with Gasteiger partial charge in [0.2, 0.25) is 5.91 Å². The highest BCUT2D eigenvalue weighted by Crippen LogP contribution is 2.19. The lowest BCUT2D eigenvalue weighted by atomic mass is 10.1. The first-order chi connectivity index (χ1) is 14.9. The smallest absolute Gasteiger partial charge is 0.261 e. The first-order valence-electron chi connectivity index (χ1n) is 10.5. The van der Waals surface area contributed by atoms with Crippen LogP contribution in [0.25, 0.3) is 0 Å². The number of benzene rings is 2. The molecule has 0 spiro atoms. The molecule has 0 radical (unpaired) electrons. The van der Waals surface area contributed by atoms with E-state index in [-0.39, 0.29) is 31.0 Å². The Bertz CT molecular complexity index is 840. The van der Waals surface area contributed by atoms with Gasteiger partial charge in [0.15, 0.2) is 6.61 Å². The second kappa shape index (κ2) is 12.2. The van der Waals surface area contributed by atoms with Crippen molar-refractivity contribution in [3.05, 3.63) is 59.1 Å². The molecule has 0 aliphatic heterocycles. The number of halogens is 1. The molecule has 2 atom stereocenters. The van der Waals surface area contributed by atoms with Gasteiger partial charge in [0.05, 0.1) is 7.11 Å². The fraction of sp³-hybridized carbons (Fsp3) is 0.417. The second-order valence-electron chi connectivity index (χ2n) is 7.35. The summed E-state index contributed by atoms with van der Waals surface area (Å²) in [5, 5.41) is 3.61. The standard InChI is InChI=1S/C24H31ClN2O4/c1-5-17(3)26-24(29)22(6-2)27(15-18-7-9-19(25)10-8-18)23(28)16-31-21-13-11-20(30-4)12-14-21/h7-14,17,22H,5-6,15-16H2,1-4H3,(H,26,29)/t17-,22-/m0/s1. The first-order valence-corrected chi connectivity index (χ1v) is 10.9. The van der Waals surface area contributed by atoms with Gasteiger partial charge in [-0.25, -0.2) is 0 Å². The third-order valence-corrected chi connectivity index (χ3v) is 5.33. The topological polar surface area (TPSA) is 67.9 Å². The molecule has 1 N–H and O–H groups in total. The molecule has 0 heterocycles. The van der Waals surface area contributed by atoms with Gasteiger partial charge in [-0.15, -0.1) is 0 Å². The van der Waals surface area contributed by atoms with Crippen molar-refractivity contribution in [1.82, 2.24) is 10.2 Å². The molecule has 31 heavy (non-hydrogen) atoms. The van der Waals surface area contributed by atoms with Gasteiger partial charge < -0.3 is 19.7 Å². The molecule has 2 amide bonds. The zero-order valence-electron chi connectivity index (χ0n) is 18.6. The second-order valence-corrected chi connectivity index (χ2v) is 7.79. The van der Waals surface area contributed by atoms with Crippen molar-refractivity contribution in [2.75, 3.05) is 13.7 Å². The maximum atomic E-state index is 13.1. The van der Waals surface area contributed by atoms with Crippen LogP contribution in [0.2, 0.25) is 5.02 Å². The lowest BCUT2D eigenvalue weighted by Gasteiger charge is -2.31. The summed E-state index contributed by atoms with van der Waals surface area (Å²) in [6.07, 6.45) is 1.30. The van der Waals surface area contributed by atoms with Crippen molar-refractivity contribution in [2.24, 2.45) is 0 Å².